The van der Waals surface area contributed by atoms with E-state index < -0.39 is 18.1 Å². The summed E-state index contributed by atoms with van der Waals surface area (Å²) in [7, 11) is 2.07. The van der Waals surface area contributed by atoms with Gasteiger partial charge in [-0.05, 0) is 38.9 Å². The normalized spacial score (nSPS) is 19.2. The lowest BCUT2D eigenvalue weighted by molar-refractivity contribution is -0.146. The highest BCUT2D eigenvalue weighted by Gasteiger charge is 2.18. The third-order valence-electron chi connectivity index (χ3n) is 3.13. The molecule has 104 valence electrons. The fraction of sp³-hybridized carbons (Fsp3) is 0.818. The Morgan fingerprint density at radius 1 is 1.33 bits per heavy atom. The minimum atomic E-state index is -1.56. The minimum absolute atomic E-state index is 0.283. The van der Waals surface area contributed by atoms with E-state index in [9.17, 15) is 9.59 Å². The molecule has 1 atom stereocenters. The summed E-state index contributed by atoms with van der Waals surface area (Å²) < 4.78 is 0. The Hall–Kier alpha value is -1.34. The average molecular weight is 259 g/mol. The summed E-state index contributed by atoms with van der Waals surface area (Å²) >= 11 is 0. The maximum absolute atomic E-state index is 11.3. The number of aliphatic carboxylic acids is 1. The van der Waals surface area contributed by atoms with Gasteiger partial charge in [0.25, 0.3) is 0 Å². The summed E-state index contributed by atoms with van der Waals surface area (Å²) in [6.07, 6.45) is 0.544. The number of amides is 2. The van der Waals surface area contributed by atoms with E-state index in [1.807, 2.05) is 0 Å². The van der Waals surface area contributed by atoms with Gasteiger partial charge in [0.2, 0.25) is 0 Å². The van der Waals surface area contributed by atoms with Crippen LogP contribution in [-0.2, 0) is 4.79 Å². The molecule has 1 saturated heterocycles. The largest absolute Gasteiger partial charge is 0.479 e. The van der Waals surface area contributed by atoms with E-state index in [4.69, 9.17) is 10.2 Å². The Kier molecular flexibility index (Phi) is 5.87. The van der Waals surface area contributed by atoms with Crippen molar-refractivity contribution in [1.29, 1.82) is 0 Å². The van der Waals surface area contributed by atoms with Gasteiger partial charge in [0.1, 0.15) is 0 Å². The number of urea groups is 1. The van der Waals surface area contributed by atoms with E-state index in [2.05, 4.69) is 22.6 Å². The molecule has 1 rings (SSSR count). The molecule has 1 heterocycles. The quantitative estimate of drug-likeness (QED) is 0.511. The minimum Gasteiger partial charge on any atom is -0.479 e. The summed E-state index contributed by atoms with van der Waals surface area (Å²) in [5, 5.41) is 22.4. The van der Waals surface area contributed by atoms with Gasteiger partial charge in [-0.3, -0.25) is 0 Å². The number of aliphatic hydroxyl groups is 1. The maximum atomic E-state index is 11.3. The van der Waals surface area contributed by atoms with E-state index in [1.54, 1.807) is 0 Å². The van der Waals surface area contributed by atoms with Gasteiger partial charge in [-0.15, -0.1) is 0 Å². The second-order valence-corrected chi connectivity index (χ2v) is 4.69. The average Bonchev–Trinajstić information content (AvgIpc) is 2.35. The molecule has 1 aliphatic rings. The van der Waals surface area contributed by atoms with Crippen molar-refractivity contribution in [2.24, 2.45) is 5.92 Å². The fourth-order valence-electron chi connectivity index (χ4n) is 1.84. The number of carbonyl (C=O) groups excluding carboxylic acids is 1. The Morgan fingerprint density at radius 2 is 1.94 bits per heavy atom. The Balaban J connectivity index is 2.11. The molecule has 0 spiro atoms. The molecule has 18 heavy (non-hydrogen) atoms. The smallest absolute Gasteiger partial charge is 0.334 e. The molecule has 0 aromatic carbocycles. The third-order valence-corrected chi connectivity index (χ3v) is 3.13. The molecule has 7 heteroatoms. The molecule has 0 radical (unpaired) electrons. The molecule has 0 bridgehead atoms. The van der Waals surface area contributed by atoms with Gasteiger partial charge in [-0.1, -0.05) is 0 Å². The SMILES string of the molecule is CN1CCC(CNC(=O)NCC(O)C(=O)O)CC1. The standard InChI is InChI=1S/C11H21N3O4/c1-14-4-2-8(3-5-14)6-12-11(18)13-7-9(15)10(16)17/h8-9,15H,2-7H2,1H3,(H,16,17)(H2,12,13,18). The number of hydrogen-bond donors (Lipinski definition) is 4. The molecular weight excluding hydrogens is 238 g/mol. The van der Waals surface area contributed by atoms with Gasteiger partial charge >= 0.3 is 12.0 Å². The lowest BCUT2D eigenvalue weighted by Crippen LogP contribution is -2.44. The van der Waals surface area contributed by atoms with Crippen molar-refractivity contribution in [2.75, 3.05) is 33.2 Å². The van der Waals surface area contributed by atoms with Crippen molar-refractivity contribution < 1.29 is 19.8 Å². The van der Waals surface area contributed by atoms with Crippen LogP contribution in [-0.4, -0.2) is 66.4 Å². The van der Waals surface area contributed by atoms with Crippen molar-refractivity contribution in [3.05, 3.63) is 0 Å². The molecular formula is C11H21N3O4. The summed E-state index contributed by atoms with van der Waals surface area (Å²) in [6, 6.07) is -0.436. The first-order valence-electron chi connectivity index (χ1n) is 6.10. The topological polar surface area (TPSA) is 102 Å². The zero-order valence-corrected chi connectivity index (χ0v) is 10.6. The van der Waals surface area contributed by atoms with Crippen LogP contribution in [0.5, 0.6) is 0 Å². The predicted molar refractivity (Wildman–Crippen MR) is 65.3 cm³/mol. The second-order valence-electron chi connectivity index (χ2n) is 4.69. The molecule has 0 saturated carbocycles. The highest BCUT2D eigenvalue weighted by atomic mass is 16.4. The van der Waals surface area contributed by atoms with Crippen molar-refractivity contribution in [3.8, 4) is 0 Å². The molecule has 1 unspecified atom stereocenters. The number of nitrogens with one attached hydrogen (secondary N) is 2. The number of carbonyl (C=O) groups is 2. The van der Waals surface area contributed by atoms with Crippen molar-refractivity contribution >= 4 is 12.0 Å². The van der Waals surface area contributed by atoms with Gasteiger partial charge in [0.15, 0.2) is 6.10 Å². The van der Waals surface area contributed by atoms with Crippen LogP contribution in [0.4, 0.5) is 4.79 Å². The summed E-state index contributed by atoms with van der Waals surface area (Å²) in [5.41, 5.74) is 0. The zero-order valence-electron chi connectivity index (χ0n) is 10.6. The monoisotopic (exact) mass is 259 g/mol. The second kappa shape index (κ2) is 7.17. The highest BCUT2D eigenvalue weighted by Crippen LogP contribution is 2.14. The van der Waals surface area contributed by atoms with E-state index in [1.165, 1.54) is 0 Å². The van der Waals surface area contributed by atoms with Gasteiger partial charge in [0.05, 0.1) is 6.54 Å². The van der Waals surface area contributed by atoms with E-state index >= 15 is 0 Å². The Labute approximate surface area is 106 Å². The van der Waals surface area contributed by atoms with Crippen LogP contribution in [0.25, 0.3) is 0 Å². The summed E-state index contributed by atoms with van der Waals surface area (Å²) in [4.78, 5) is 23.9. The lowest BCUT2D eigenvalue weighted by Gasteiger charge is -2.28. The van der Waals surface area contributed by atoms with Crippen LogP contribution in [0.15, 0.2) is 0 Å². The summed E-state index contributed by atoms with van der Waals surface area (Å²) in [6.45, 7) is 2.37. The van der Waals surface area contributed by atoms with E-state index in [-0.39, 0.29) is 6.54 Å². The van der Waals surface area contributed by atoms with Crippen LogP contribution in [0.2, 0.25) is 0 Å². The fourth-order valence-corrected chi connectivity index (χ4v) is 1.84. The van der Waals surface area contributed by atoms with Gasteiger partial charge in [-0.2, -0.15) is 0 Å². The molecule has 0 aliphatic carbocycles. The number of carboxylic acids is 1. The van der Waals surface area contributed by atoms with E-state index in [0.29, 0.717) is 12.5 Å². The third kappa shape index (κ3) is 5.33. The first-order chi connectivity index (χ1) is 8.49. The highest BCUT2D eigenvalue weighted by molar-refractivity contribution is 5.76. The molecule has 0 aromatic rings. The first-order valence-corrected chi connectivity index (χ1v) is 6.10. The van der Waals surface area contributed by atoms with Gasteiger partial charge < -0.3 is 25.7 Å². The summed E-state index contributed by atoms with van der Waals surface area (Å²) in [5.74, 6) is -0.873. The van der Waals surface area contributed by atoms with Crippen LogP contribution in [0.3, 0.4) is 0 Å². The number of piperidine rings is 1. The van der Waals surface area contributed by atoms with Crippen molar-refractivity contribution in [1.82, 2.24) is 15.5 Å². The lowest BCUT2D eigenvalue weighted by atomic mass is 9.97. The number of likely N-dealkylation sites (tertiary alicyclic amines) is 1. The van der Waals surface area contributed by atoms with Crippen LogP contribution in [0.1, 0.15) is 12.8 Å². The van der Waals surface area contributed by atoms with Gasteiger partial charge in [-0.25, -0.2) is 9.59 Å². The molecule has 1 fully saturated rings. The Bertz CT molecular complexity index is 290. The molecule has 0 aromatic heterocycles. The number of rotatable bonds is 5. The number of carboxylic acid groups (broad SMARTS) is 1. The van der Waals surface area contributed by atoms with Crippen LogP contribution < -0.4 is 10.6 Å². The zero-order chi connectivity index (χ0) is 13.5. The molecule has 4 N–H and O–H groups in total. The first kappa shape index (κ1) is 14.7. The predicted octanol–water partition coefficient (Wildman–Crippen LogP) is -0.927. The maximum Gasteiger partial charge on any atom is 0.334 e. The van der Waals surface area contributed by atoms with Crippen LogP contribution >= 0.6 is 0 Å². The van der Waals surface area contributed by atoms with Crippen LogP contribution in [0, 0.1) is 5.92 Å². The molecule has 1 aliphatic heterocycles. The van der Waals surface area contributed by atoms with E-state index in [0.717, 1.165) is 25.9 Å². The Morgan fingerprint density at radius 3 is 2.50 bits per heavy atom. The van der Waals surface area contributed by atoms with Crippen molar-refractivity contribution in [3.63, 3.8) is 0 Å². The molecule has 2 amide bonds. The molecule has 7 nitrogen and oxygen atoms in total. The number of nitrogens with zero attached hydrogens (tertiary/aromatic N) is 1. The van der Waals surface area contributed by atoms with Crippen molar-refractivity contribution in [2.45, 2.75) is 18.9 Å². The number of hydrogen-bond acceptors (Lipinski definition) is 4. The van der Waals surface area contributed by atoms with Gasteiger partial charge in [0, 0.05) is 6.54 Å². The number of aliphatic hydroxyl groups excluding tert-OH is 1.